The van der Waals surface area contributed by atoms with Crippen LogP contribution in [0, 0.1) is 0 Å². The van der Waals surface area contributed by atoms with E-state index in [2.05, 4.69) is 41.1 Å². The van der Waals surface area contributed by atoms with Gasteiger partial charge in [-0.1, -0.05) is 44.4 Å². The summed E-state index contributed by atoms with van der Waals surface area (Å²) in [5.74, 6) is 0.917. The van der Waals surface area contributed by atoms with E-state index in [0.717, 1.165) is 55.0 Å². The van der Waals surface area contributed by atoms with Crippen LogP contribution in [-0.2, 0) is 13.5 Å². The Balaban J connectivity index is 1.41. The van der Waals surface area contributed by atoms with Gasteiger partial charge in [0.25, 0.3) is 5.91 Å². The lowest BCUT2D eigenvalue weighted by Crippen LogP contribution is -2.46. The van der Waals surface area contributed by atoms with Crippen LogP contribution >= 0.6 is 0 Å². The third-order valence-corrected chi connectivity index (χ3v) is 8.15. The second-order valence-corrected chi connectivity index (χ2v) is 10.7. The Morgan fingerprint density at radius 1 is 0.973 bits per heavy atom. The number of carbonyl (C=O) groups excluding carboxylic acids is 1. The topological polar surface area (TPSA) is 54.3 Å². The number of hydrogen-bond donors (Lipinski definition) is 0. The standard InChI is InChI=1S/C31H41N5O/c1-3-4-5-6-11-24-12-9-13-25(22-24)30-33-28(26-14-10-17-32-23-26)29(34(30)2)31(37)36-20-15-27(16-21-36)35-18-7-8-19-35/h9-10,12-14,17,22-23,27H,3-8,11,15-16,18-21H2,1-2H3. The predicted molar refractivity (Wildman–Crippen MR) is 149 cm³/mol. The first kappa shape index (κ1) is 25.7. The van der Waals surface area contributed by atoms with Crippen molar-refractivity contribution < 1.29 is 4.79 Å². The summed E-state index contributed by atoms with van der Waals surface area (Å²) in [4.78, 5) is 28.0. The second kappa shape index (κ2) is 12.0. The lowest BCUT2D eigenvalue weighted by molar-refractivity contribution is 0.0636. The largest absolute Gasteiger partial charge is 0.337 e. The number of carbonyl (C=O) groups is 1. The van der Waals surface area contributed by atoms with Gasteiger partial charge >= 0.3 is 0 Å². The highest BCUT2D eigenvalue weighted by molar-refractivity contribution is 5.99. The van der Waals surface area contributed by atoms with Crippen LogP contribution in [0.25, 0.3) is 22.6 Å². The monoisotopic (exact) mass is 499 g/mol. The summed E-state index contributed by atoms with van der Waals surface area (Å²) in [6.07, 6.45) is 14.4. The van der Waals surface area contributed by atoms with Crippen LogP contribution in [0.4, 0.5) is 0 Å². The Hall–Kier alpha value is -2.99. The zero-order valence-corrected chi connectivity index (χ0v) is 22.5. The maximum absolute atomic E-state index is 14.0. The Labute approximate surface area is 221 Å². The SMILES string of the molecule is CCCCCCc1cccc(-c2nc(-c3cccnc3)c(C(=O)N3CCC(N4CCCC4)CC3)n2C)c1. The van der Waals surface area contributed by atoms with Gasteiger partial charge in [-0.25, -0.2) is 4.98 Å². The van der Waals surface area contributed by atoms with Crippen LogP contribution in [0.15, 0.2) is 48.8 Å². The molecule has 1 aromatic carbocycles. The van der Waals surface area contributed by atoms with Gasteiger partial charge in [0.1, 0.15) is 17.2 Å². The molecule has 2 saturated heterocycles. The van der Waals surface area contributed by atoms with Gasteiger partial charge in [-0.05, 0) is 75.4 Å². The zero-order valence-electron chi connectivity index (χ0n) is 22.5. The van der Waals surface area contributed by atoms with E-state index in [1.165, 1.54) is 57.2 Å². The lowest BCUT2D eigenvalue weighted by atomic mass is 10.0. The van der Waals surface area contributed by atoms with Gasteiger partial charge in [0.15, 0.2) is 0 Å². The van der Waals surface area contributed by atoms with Gasteiger partial charge in [-0.3, -0.25) is 9.78 Å². The van der Waals surface area contributed by atoms with Crippen molar-refractivity contribution in [2.45, 2.75) is 70.8 Å². The van der Waals surface area contributed by atoms with Crippen LogP contribution in [0.1, 0.15) is 74.3 Å². The van der Waals surface area contributed by atoms with Gasteiger partial charge in [-0.15, -0.1) is 0 Å². The maximum atomic E-state index is 14.0. The molecule has 2 aromatic heterocycles. The van der Waals surface area contributed by atoms with E-state index in [9.17, 15) is 4.79 Å². The van der Waals surface area contributed by atoms with Crippen LogP contribution in [-0.4, -0.2) is 62.5 Å². The highest BCUT2D eigenvalue weighted by Crippen LogP contribution is 2.31. The van der Waals surface area contributed by atoms with Gasteiger partial charge < -0.3 is 14.4 Å². The molecule has 3 aromatic rings. The average molecular weight is 500 g/mol. The number of likely N-dealkylation sites (tertiary alicyclic amines) is 2. The molecule has 37 heavy (non-hydrogen) atoms. The molecule has 6 nitrogen and oxygen atoms in total. The number of amides is 1. The molecule has 0 aliphatic carbocycles. The molecular formula is C31H41N5O. The Morgan fingerprint density at radius 3 is 2.49 bits per heavy atom. The molecule has 6 heteroatoms. The van der Waals surface area contributed by atoms with E-state index in [0.29, 0.717) is 11.7 Å². The number of rotatable bonds is 9. The van der Waals surface area contributed by atoms with Crippen LogP contribution in [0.2, 0.25) is 0 Å². The Kier molecular flexibility index (Phi) is 8.34. The first-order chi connectivity index (χ1) is 18.2. The summed E-state index contributed by atoms with van der Waals surface area (Å²) in [6.45, 7) is 6.29. The maximum Gasteiger partial charge on any atom is 0.272 e. The number of piperidine rings is 1. The summed E-state index contributed by atoms with van der Waals surface area (Å²) in [5.41, 5.74) is 4.67. The van der Waals surface area contributed by atoms with Gasteiger partial charge in [0.2, 0.25) is 0 Å². The molecule has 4 heterocycles. The molecule has 1 amide bonds. The van der Waals surface area contributed by atoms with Crippen molar-refractivity contribution in [1.29, 1.82) is 0 Å². The van der Waals surface area contributed by atoms with E-state index in [1.807, 2.05) is 34.8 Å². The van der Waals surface area contributed by atoms with E-state index >= 15 is 0 Å². The molecular weight excluding hydrogens is 458 g/mol. The fourth-order valence-electron chi connectivity index (χ4n) is 6.02. The number of hydrogen-bond acceptors (Lipinski definition) is 4. The summed E-state index contributed by atoms with van der Waals surface area (Å²) in [7, 11) is 1.99. The minimum atomic E-state index is 0.0793. The molecule has 0 bridgehead atoms. The lowest BCUT2D eigenvalue weighted by Gasteiger charge is -2.36. The van der Waals surface area contributed by atoms with E-state index in [-0.39, 0.29) is 5.91 Å². The fraction of sp³-hybridized carbons (Fsp3) is 0.516. The number of imidazole rings is 1. The smallest absolute Gasteiger partial charge is 0.272 e. The number of aromatic nitrogens is 3. The number of pyridine rings is 1. The summed E-state index contributed by atoms with van der Waals surface area (Å²) in [5, 5.41) is 0. The van der Waals surface area contributed by atoms with Gasteiger partial charge in [0, 0.05) is 49.7 Å². The van der Waals surface area contributed by atoms with Crippen molar-refractivity contribution in [1.82, 2.24) is 24.3 Å². The molecule has 5 rings (SSSR count). The van der Waals surface area contributed by atoms with Crippen LogP contribution in [0.3, 0.4) is 0 Å². The quantitative estimate of drug-likeness (QED) is 0.340. The Morgan fingerprint density at radius 2 is 1.76 bits per heavy atom. The van der Waals surface area contributed by atoms with Crippen molar-refractivity contribution in [2.75, 3.05) is 26.2 Å². The molecule has 0 N–H and O–H groups in total. The molecule has 0 unspecified atom stereocenters. The third kappa shape index (κ3) is 5.80. The van der Waals surface area contributed by atoms with Crippen molar-refractivity contribution in [3.05, 3.63) is 60.0 Å². The second-order valence-electron chi connectivity index (χ2n) is 10.7. The van der Waals surface area contributed by atoms with Gasteiger partial charge in [-0.2, -0.15) is 0 Å². The van der Waals surface area contributed by atoms with E-state index in [1.54, 1.807) is 6.20 Å². The minimum Gasteiger partial charge on any atom is -0.337 e. The fourth-order valence-corrected chi connectivity index (χ4v) is 6.02. The summed E-state index contributed by atoms with van der Waals surface area (Å²) in [6, 6.07) is 13.2. The van der Waals surface area contributed by atoms with Crippen molar-refractivity contribution in [2.24, 2.45) is 7.05 Å². The molecule has 2 aliphatic rings. The Bertz CT molecular complexity index is 1170. The highest BCUT2D eigenvalue weighted by atomic mass is 16.2. The van der Waals surface area contributed by atoms with Crippen molar-refractivity contribution in [3.8, 4) is 22.6 Å². The number of aryl methyl sites for hydroxylation is 1. The number of unbranched alkanes of at least 4 members (excludes halogenated alkanes) is 3. The normalized spacial score (nSPS) is 17.0. The van der Waals surface area contributed by atoms with Crippen LogP contribution in [0.5, 0.6) is 0 Å². The molecule has 2 aliphatic heterocycles. The van der Waals surface area contributed by atoms with Crippen molar-refractivity contribution in [3.63, 3.8) is 0 Å². The molecule has 0 spiro atoms. The van der Waals surface area contributed by atoms with Gasteiger partial charge in [0.05, 0.1) is 0 Å². The number of benzene rings is 1. The van der Waals surface area contributed by atoms with E-state index < -0.39 is 0 Å². The molecule has 196 valence electrons. The molecule has 0 radical (unpaired) electrons. The summed E-state index contributed by atoms with van der Waals surface area (Å²) < 4.78 is 2.01. The molecule has 2 fully saturated rings. The third-order valence-electron chi connectivity index (χ3n) is 8.15. The zero-order chi connectivity index (χ0) is 25.6. The van der Waals surface area contributed by atoms with Crippen molar-refractivity contribution >= 4 is 5.91 Å². The summed E-state index contributed by atoms with van der Waals surface area (Å²) >= 11 is 0. The first-order valence-corrected chi connectivity index (χ1v) is 14.3. The average Bonchev–Trinajstić information content (AvgIpc) is 3.60. The predicted octanol–water partition coefficient (Wildman–Crippen LogP) is 5.97. The first-order valence-electron chi connectivity index (χ1n) is 14.3. The minimum absolute atomic E-state index is 0.0793. The number of nitrogens with zero attached hydrogens (tertiary/aromatic N) is 5. The molecule has 0 atom stereocenters. The highest BCUT2D eigenvalue weighted by Gasteiger charge is 2.32. The molecule has 0 saturated carbocycles. The van der Waals surface area contributed by atoms with E-state index in [4.69, 9.17) is 4.98 Å². The van der Waals surface area contributed by atoms with Crippen LogP contribution < -0.4 is 0 Å².